The lowest BCUT2D eigenvalue weighted by atomic mass is 10.2. The van der Waals surface area contributed by atoms with Crippen molar-refractivity contribution in [2.24, 2.45) is 0 Å². The van der Waals surface area contributed by atoms with Crippen molar-refractivity contribution >= 4 is 34.8 Å². The number of rotatable bonds is 3. The minimum Gasteiger partial charge on any atom is -0.451 e. The van der Waals surface area contributed by atoms with Gasteiger partial charge in [-0.25, -0.2) is 0 Å². The Morgan fingerprint density at radius 2 is 1.77 bits per heavy atom. The van der Waals surface area contributed by atoms with E-state index in [2.05, 4.69) is 5.32 Å². The Morgan fingerprint density at radius 1 is 1.00 bits per heavy atom. The van der Waals surface area contributed by atoms with Crippen molar-refractivity contribution in [2.45, 2.75) is 6.18 Å². The summed E-state index contributed by atoms with van der Waals surface area (Å²) in [6.07, 6.45) is -4.56. The Hall–Kier alpha value is -2.44. The van der Waals surface area contributed by atoms with E-state index in [9.17, 15) is 18.0 Å². The van der Waals surface area contributed by atoms with Crippen molar-refractivity contribution in [3.8, 4) is 11.3 Å². The van der Waals surface area contributed by atoms with Gasteiger partial charge >= 0.3 is 6.18 Å². The minimum absolute atomic E-state index is 0.00371. The van der Waals surface area contributed by atoms with E-state index in [0.717, 1.165) is 18.2 Å². The standard InChI is InChI=1S/C18H10Cl2F3NO2/c19-11-3-1-2-10(8-11)15-6-7-16(26-15)17(25)24-12-4-5-13(14(20)9-12)18(21,22)23/h1-9H,(H,24,25). The molecule has 0 atom stereocenters. The summed E-state index contributed by atoms with van der Waals surface area (Å²) in [6.45, 7) is 0. The highest BCUT2D eigenvalue weighted by molar-refractivity contribution is 6.32. The molecule has 1 amide bonds. The number of hydrogen-bond acceptors (Lipinski definition) is 2. The van der Waals surface area contributed by atoms with Gasteiger partial charge in [0.2, 0.25) is 0 Å². The number of furan rings is 1. The third kappa shape index (κ3) is 4.03. The molecule has 0 saturated heterocycles. The molecule has 0 spiro atoms. The summed E-state index contributed by atoms with van der Waals surface area (Å²) >= 11 is 11.6. The molecule has 8 heteroatoms. The molecule has 3 rings (SSSR count). The summed E-state index contributed by atoms with van der Waals surface area (Å²) in [7, 11) is 0. The van der Waals surface area contributed by atoms with E-state index < -0.39 is 22.7 Å². The summed E-state index contributed by atoms with van der Waals surface area (Å²) in [6, 6.07) is 12.9. The molecule has 3 nitrogen and oxygen atoms in total. The topological polar surface area (TPSA) is 42.2 Å². The summed E-state index contributed by atoms with van der Waals surface area (Å²) < 4.78 is 43.6. The fraction of sp³-hybridized carbons (Fsp3) is 0.0556. The molecule has 3 aromatic rings. The van der Waals surface area contributed by atoms with Crippen LogP contribution in [0, 0.1) is 0 Å². The van der Waals surface area contributed by atoms with Crippen LogP contribution < -0.4 is 5.32 Å². The van der Waals surface area contributed by atoms with E-state index in [1.54, 1.807) is 30.3 Å². The van der Waals surface area contributed by atoms with E-state index in [4.69, 9.17) is 27.6 Å². The van der Waals surface area contributed by atoms with Crippen molar-refractivity contribution in [2.75, 3.05) is 5.32 Å². The fourth-order valence-corrected chi connectivity index (χ4v) is 2.75. The second kappa shape index (κ2) is 7.05. The predicted octanol–water partition coefficient (Wildman–Crippen LogP) is 6.52. The molecule has 0 radical (unpaired) electrons. The van der Waals surface area contributed by atoms with Crippen molar-refractivity contribution in [3.05, 3.63) is 76.0 Å². The number of amides is 1. The van der Waals surface area contributed by atoms with Crippen LogP contribution in [0.1, 0.15) is 16.1 Å². The van der Waals surface area contributed by atoms with Gasteiger partial charge in [-0.15, -0.1) is 0 Å². The number of alkyl halides is 3. The third-order valence-corrected chi connectivity index (χ3v) is 4.02. The summed E-state index contributed by atoms with van der Waals surface area (Å²) in [5, 5.41) is 2.46. The van der Waals surface area contributed by atoms with Crippen LogP contribution in [0.25, 0.3) is 11.3 Å². The molecule has 1 N–H and O–H groups in total. The average Bonchev–Trinajstić information content (AvgIpc) is 3.04. The normalized spacial score (nSPS) is 11.4. The van der Waals surface area contributed by atoms with Gasteiger partial charge in [0, 0.05) is 16.3 Å². The number of nitrogens with one attached hydrogen (secondary N) is 1. The molecule has 0 unspecified atom stereocenters. The van der Waals surface area contributed by atoms with Crippen molar-refractivity contribution in [1.29, 1.82) is 0 Å². The summed E-state index contributed by atoms with van der Waals surface area (Å²) in [5.74, 6) is -0.187. The Balaban J connectivity index is 1.78. The van der Waals surface area contributed by atoms with Crippen LogP contribution >= 0.6 is 23.2 Å². The van der Waals surface area contributed by atoms with Gasteiger partial charge < -0.3 is 9.73 Å². The Labute approximate surface area is 156 Å². The zero-order valence-electron chi connectivity index (χ0n) is 12.9. The maximum absolute atomic E-state index is 12.7. The third-order valence-electron chi connectivity index (χ3n) is 3.47. The highest BCUT2D eigenvalue weighted by Gasteiger charge is 2.33. The van der Waals surface area contributed by atoms with Gasteiger partial charge in [0.05, 0.1) is 10.6 Å². The molecule has 26 heavy (non-hydrogen) atoms. The first kappa shape index (κ1) is 18.4. The number of halogens is 5. The van der Waals surface area contributed by atoms with Crippen molar-refractivity contribution < 1.29 is 22.4 Å². The second-order valence-electron chi connectivity index (χ2n) is 5.32. The molecule has 0 aliphatic heterocycles. The number of anilines is 1. The first-order valence-electron chi connectivity index (χ1n) is 7.28. The predicted molar refractivity (Wildman–Crippen MR) is 93.6 cm³/mol. The largest absolute Gasteiger partial charge is 0.451 e. The van der Waals surface area contributed by atoms with Gasteiger partial charge in [0.15, 0.2) is 5.76 Å². The second-order valence-corrected chi connectivity index (χ2v) is 6.16. The number of carbonyl (C=O) groups is 1. The first-order chi connectivity index (χ1) is 12.2. The van der Waals surface area contributed by atoms with Crippen LogP contribution in [0.2, 0.25) is 10.0 Å². The SMILES string of the molecule is O=C(Nc1ccc(C(F)(F)F)c(Cl)c1)c1ccc(-c2cccc(Cl)c2)o1. The monoisotopic (exact) mass is 399 g/mol. The maximum Gasteiger partial charge on any atom is 0.417 e. The number of benzene rings is 2. The molecular weight excluding hydrogens is 390 g/mol. The summed E-state index contributed by atoms with van der Waals surface area (Å²) in [4.78, 5) is 12.2. The smallest absolute Gasteiger partial charge is 0.417 e. The van der Waals surface area contributed by atoms with Gasteiger partial charge in [-0.3, -0.25) is 4.79 Å². The maximum atomic E-state index is 12.7. The van der Waals surface area contributed by atoms with Crippen LogP contribution in [0.3, 0.4) is 0 Å². The number of carbonyl (C=O) groups excluding carboxylic acids is 1. The molecule has 1 aromatic heterocycles. The zero-order chi connectivity index (χ0) is 18.9. The van der Waals surface area contributed by atoms with E-state index in [-0.39, 0.29) is 11.4 Å². The Bertz CT molecular complexity index is 967. The Morgan fingerprint density at radius 3 is 2.42 bits per heavy atom. The quantitative estimate of drug-likeness (QED) is 0.544. The molecule has 1 heterocycles. The van der Waals surface area contributed by atoms with Gasteiger partial charge in [-0.05, 0) is 42.5 Å². The average molecular weight is 400 g/mol. The van der Waals surface area contributed by atoms with Crippen LogP contribution in [0.15, 0.2) is 59.0 Å². The molecule has 134 valence electrons. The van der Waals surface area contributed by atoms with Crippen molar-refractivity contribution in [1.82, 2.24) is 0 Å². The molecule has 0 aliphatic carbocycles. The van der Waals surface area contributed by atoms with Crippen LogP contribution in [0.4, 0.5) is 18.9 Å². The van der Waals surface area contributed by atoms with Gasteiger partial charge in [-0.2, -0.15) is 13.2 Å². The van der Waals surface area contributed by atoms with E-state index in [1.165, 1.54) is 6.07 Å². The van der Waals surface area contributed by atoms with E-state index in [1.807, 2.05) is 0 Å². The molecule has 0 saturated carbocycles. The van der Waals surface area contributed by atoms with Crippen LogP contribution in [0.5, 0.6) is 0 Å². The van der Waals surface area contributed by atoms with E-state index in [0.29, 0.717) is 16.3 Å². The van der Waals surface area contributed by atoms with Crippen LogP contribution in [-0.4, -0.2) is 5.91 Å². The summed E-state index contributed by atoms with van der Waals surface area (Å²) in [5.41, 5.74) is -0.166. The van der Waals surface area contributed by atoms with Gasteiger partial charge in [0.25, 0.3) is 5.91 Å². The van der Waals surface area contributed by atoms with Gasteiger partial charge in [-0.1, -0.05) is 35.3 Å². The minimum atomic E-state index is -4.56. The Kier molecular flexibility index (Phi) is 4.98. The molecule has 2 aromatic carbocycles. The lowest BCUT2D eigenvalue weighted by Gasteiger charge is -2.10. The van der Waals surface area contributed by atoms with Crippen molar-refractivity contribution in [3.63, 3.8) is 0 Å². The highest BCUT2D eigenvalue weighted by atomic mass is 35.5. The molecule has 0 aliphatic rings. The number of hydrogen-bond donors (Lipinski definition) is 1. The lowest BCUT2D eigenvalue weighted by Crippen LogP contribution is -2.12. The lowest BCUT2D eigenvalue weighted by molar-refractivity contribution is -0.137. The molecular formula is C18H10Cl2F3NO2. The fourth-order valence-electron chi connectivity index (χ4n) is 2.27. The molecule has 0 fully saturated rings. The van der Waals surface area contributed by atoms with Crippen LogP contribution in [-0.2, 0) is 6.18 Å². The van der Waals surface area contributed by atoms with Gasteiger partial charge in [0.1, 0.15) is 5.76 Å². The van der Waals surface area contributed by atoms with E-state index >= 15 is 0 Å². The highest BCUT2D eigenvalue weighted by Crippen LogP contribution is 2.36. The molecule has 0 bridgehead atoms. The first-order valence-corrected chi connectivity index (χ1v) is 8.03. The zero-order valence-corrected chi connectivity index (χ0v) is 14.4.